The van der Waals surface area contributed by atoms with Crippen molar-refractivity contribution in [2.75, 3.05) is 7.11 Å². The van der Waals surface area contributed by atoms with Crippen molar-refractivity contribution in [1.82, 2.24) is 9.99 Å². The Bertz CT molecular complexity index is 1090. The van der Waals surface area contributed by atoms with Crippen LogP contribution < -0.4 is 10.2 Å². The molecule has 1 heterocycles. The summed E-state index contributed by atoms with van der Waals surface area (Å²) in [5.41, 5.74) is 5.77. The molecule has 0 aliphatic heterocycles. The van der Waals surface area contributed by atoms with Gasteiger partial charge in [0.25, 0.3) is 0 Å². The van der Waals surface area contributed by atoms with E-state index in [-0.39, 0.29) is 5.91 Å². The van der Waals surface area contributed by atoms with E-state index in [1.807, 2.05) is 48.5 Å². The van der Waals surface area contributed by atoms with Gasteiger partial charge in [-0.1, -0.05) is 36.4 Å². The molecule has 0 atom stereocenters. The second-order valence-corrected chi connectivity index (χ2v) is 6.50. The first kappa shape index (κ1) is 17.8. The van der Waals surface area contributed by atoms with Gasteiger partial charge in [-0.25, -0.2) is 5.43 Å². The van der Waals surface area contributed by atoms with Gasteiger partial charge in [-0.2, -0.15) is 5.10 Å². The molecule has 0 radical (unpaired) electrons. The Kier molecular flexibility index (Phi) is 5.06. The minimum atomic E-state index is -0.119. The Morgan fingerprint density at radius 2 is 1.57 bits per heavy atom. The highest BCUT2D eigenvalue weighted by molar-refractivity contribution is 6.08. The monoisotopic (exact) mass is 371 g/mol. The van der Waals surface area contributed by atoms with Crippen molar-refractivity contribution in [3.05, 3.63) is 78.4 Å². The lowest BCUT2D eigenvalue weighted by molar-refractivity contribution is -0.121. The van der Waals surface area contributed by atoms with E-state index in [0.29, 0.717) is 13.0 Å². The van der Waals surface area contributed by atoms with Crippen molar-refractivity contribution < 1.29 is 9.53 Å². The van der Waals surface area contributed by atoms with E-state index in [1.54, 1.807) is 13.3 Å². The predicted octanol–water partition coefficient (Wildman–Crippen LogP) is 4.34. The van der Waals surface area contributed by atoms with Gasteiger partial charge in [-0.05, 0) is 42.0 Å². The lowest BCUT2D eigenvalue weighted by Gasteiger charge is -2.06. The Labute approximate surface area is 163 Å². The molecule has 1 amide bonds. The van der Waals surface area contributed by atoms with Crippen LogP contribution in [0, 0.1) is 0 Å². The molecule has 0 saturated heterocycles. The topological polar surface area (TPSA) is 55.6 Å². The zero-order valence-electron chi connectivity index (χ0n) is 15.6. The molecule has 0 bridgehead atoms. The fourth-order valence-corrected chi connectivity index (χ4v) is 3.38. The number of hydrogen-bond donors (Lipinski definition) is 1. The smallest absolute Gasteiger partial charge is 0.241 e. The van der Waals surface area contributed by atoms with Crippen LogP contribution in [0.5, 0.6) is 5.75 Å². The Morgan fingerprint density at radius 1 is 0.964 bits per heavy atom. The summed E-state index contributed by atoms with van der Waals surface area (Å²) in [7, 11) is 1.63. The molecule has 4 rings (SSSR count). The molecule has 0 aliphatic carbocycles. The maximum absolute atomic E-state index is 12.2. The van der Waals surface area contributed by atoms with E-state index in [9.17, 15) is 4.79 Å². The number of hydrogen-bond acceptors (Lipinski definition) is 3. The fraction of sp³-hybridized carbons (Fsp3) is 0.130. The molecule has 0 spiro atoms. The van der Waals surface area contributed by atoms with E-state index in [1.165, 1.54) is 10.8 Å². The summed E-state index contributed by atoms with van der Waals surface area (Å²) < 4.78 is 7.32. The van der Waals surface area contributed by atoms with E-state index in [4.69, 9.17) is 4.74 Å². The van der Waals surface area contributed by atoms with Crippen molar-refractivity contribution in [3.8, 4) is 5.75 Å². The Balaban J connectivity index is 1.44. The number of benzene rings is 3. The molecule has 5 nitrogen and oxygen atoms in total. The minimum absolute atomic E-state index is 0.119. The summed E-state index contributed by atoms with van der Waals surface area (Å²) in [4.78, 5) is 12.2. The summed E-state index contributed by atoms with van der Waals surface area (Å²) >= 11 is 0. The molecular weight excluding hydrogens is 350 g/mol. The lowest BCUT2D eigenvalue weighted by Crippen LogP contribution is -2.19. The van der Waals surface area contributed by atoms with Gasteiger partial charge in [0, 0.05) is 34.8 Å². The van der Waals surface area contributed by atoms with Crippen molar-refractivity contribution in [3.63, 3.8) is 0 Å². The summed E-state index contributed by atoms with van der Waals surface area (Å²) in [5, 5.41) is 6.46. The highest BCUT2D eigenvalue weighted by atomic mass is 16.5. The number of aromatic nitrogens is 1. The number of fused-ring (bicyclic) bond motifs is 3. The Morgan fingerprint density at radius 3 is 2.18 bits per heavy atom. The second kappa shape index (κ2) is 7.96. The van der Waals surface area contributed by atoms with Crippen molar-refractivity contribution in [2.24, 2.45) is 5.10 Å². The van der Waals surface area contributed by atoms with Crippen LogP contribution in [0.25, 0.3) is 21.8 Å². The number of hydrazone groups is 1. The summed E-state index contributed by atoms with van der Waals surface area (Å²) in [6.07, 6.45) is 1.97. The molecule has 5 heteroatoms. The van der Waals surface area contributed by atoms with E-state index in [0.717, 1.165) is 22.3 Å². The lowest BCUT2D eigenvalue weighted by atomic mass is 10.2. The molecule has 0 aliphatic rings. The van der Waals surface area contributed by atoms with Gasteiger partial charge in [0.1, 0.15) is 5.75 Å². The van der Waals surface area contributed by atoms with Crippen LogP contribution >= 0.6 is 0 Å². The van der Waals surface area contributed by atoms with Gasteiger partial charge < -0.3 is 9.30 Å². The van der Waals surface area contributed by atoms with Gasteiger partial charge >= 0.3 is 0 Å². The second-order valence-electron chi connectivity index (χ2n) is 6.50. The van der Waals surface area contributed by atoms with Gasteiger partial charge in [0.05, 0.1) is 13.3 Å². The molecule has 0 unspecified atom stereocenters. The van der Waals surface area contributed by atoms with Crippen molar-refractivity contribution in [1.29, 1.82) is 0 Å². The first-order chi connectivity index (χ1) is 13.8. The maximum atomic E-state index is 12.2. The maximum Gasteiger partial charge on any atom is 0.241 e. The van der Waals surface area contributed by atoms with Crippen LogP contribution in [0.3, 0.4) is 0 Å². The zero-order chi connectivity index (χ0) is 19.3. The van der Waals surface area contributed by atoms with Crippen LogP contribution in [-0.2, 0) is 11.3 Å². The quantitative estimate of drug-likeness (QED) is 0.405. The number of nitrogens with one attached hydrogen (secondary N) is 1. The molecule has 0 fully saturated rings. The summed E-state index contributed by atoms with van der Waals surface area (Å²) in [6, 6.07) is 24.0. The van der Waals surface area contributed by atoms with E-state index < -0.39 is 0 Å². The number of ether oxygens (including phenoxy) is 1. The number of methoxy groups -OCH3 is 1. The third kappa shape index (κ3) is 3.60. The average molecular weight is 371 g/mol. The number of rotatable bonds is 6. The van der Waals surface area contributed by atoms with Crippen LogP contribution in [0.2, 0.25) is 0 Å². The third-order valence-electron chi connectivity index (χ3n) is 4.76. The number of carbonyl (C=O) groups is 1. The molecule has 1 aromatic heterocycles. The number of aryl methyl sites for hydroxylation is 1. The number of nitrogens with zero attached hydrogens (tertiary/aromatic N) is 2. The molecule has 0 saturated carbocycles. The average Bonchev–Trinajstić information content (AvgIpc) is 3.07. The van der Waals surface area contributed by atoms with Gasteiger partial charge in [-0.15, -0.1) is 0 Å². The van der Waals surface area contributed by atoms with E-state index in [2.05, 4.69) is 39.4 Å². The fourth-order valence-electron chi connectivity index (χ4n) is 3.38. The minimum Gasteiger partial charge on any atom is -0.497 e. The number of amides is 1. The molecule has 140 valence electrons. The zero-order valence-corrected chi connectivity index (χ0v) is 15.6. The standard InChI is InChI=1S/C23H21N3O2/c1-28-18-12-10-17(11-13-18)16-24-25-23(27)14-15-26-21-8-4-2-6-19(21)20-7-3-5-9-22(20)26/h2-13,16H,14-15H2,1H3,(H,25,27). The van der Waals surface area contributed by atoms with Crippen LogP contribution in [0.15, 0.2) is 77.9 Å². The van der Waals surface area contributed by atoms with Crippen molar-refractivity contribution in [2.45, 2.75) is 13.0 Å². The summed E-state index contributed by atoms with van der Waals surface area (Å²) in [5.74, 6) is 0.666. The summed E-state index contributed by atoms with van der Waals surface area (Å²) in [6.45, 7) is 0.595. The van der Waals surface area contributed by atoms with Crippen LogP contribution in [0.1, 0.15) is 12.0 Å². The molecule has 1 N–H and O–H groups in total. The Hall–Kier alpha value is -3.60. The van der Waals surface area contributed by atoms with Gasteiger partial charge in [0.2, 0.25) is 5.91 Å². The van der Waals surface area contributed by atoms with Crippen LogP contribution in [-0.4, -0.2) is 23.8 Å². The highest BCUT2D eigenvalue weighted by Crippen LogP contribution is 2.28. The van der Waals surface area contributed by atoms with Gasteiger partial charge in [0.15, 0.2) is 0 Å². The SMILES string of the molecule is COc1ccc(C=NNC(=O)CCn2c3ccccc3c3ccccc32)cc1. The molecular formula is C23H21N3O2. The normalized spacial score (nSPS) is 11.3. The van der Waals surface area contributed by atoms with E-state index >= 15 is 0 Å². The first-order valence-electron chi connectivity index (χ1n) is 9.18. The highest BCUT2D eigenvalue weighted by Gasteiger charge is 2.10. The predicted molar refractivity (Wildman–Crippen MR) is 113 cm³/mol. The van der Waals surface area contributed by atoms with Gasteiger partial charge in [-0.3, -0.25) is 4.79 Å². The first-order valence-corrected chi connectivity index (χ1v) is 9.18. The third-order valence-corrected chi connectivity index (χ3v) is 4.76. The number of para-hydroxylation sites is 2. The number of carbonyl (C=O) groups excluding carboxylic acids is 1. The van der Waals surface area contributed by atoms with Crippen LogP contribution in [0.4, 0.5) is 0 Å². The molecule has 28 heavy (non-hydrogen) atoms. The van der Waals surface area contributed by atoms with Crippen molar-refractivity contribution >= 4 is 33.9 Å². The molecule has 4 aromatic rings. The molecule has 3 aromatic carbocycles. The largest absolute Gasteiger partial charge is 0.497 e.